The van der Waals surface area contributed by atoms with E-state index in [4.69, 9.17) is 30.5 Å². The molecule has 1 heterocycles. The van der Waals surface area contributed by atoms with Gasteiger partial charge in [0.15, 0.2) is 11.5 Å². The van der Waals surface area contributed by atoms with E-state index in [0.29, 0.717) is 39.4 Å². The van der Waals surface area contributed by atoms with Gasteiger partial charge in [0.25, 0.3) is 0 Å². The summed E-state index contributed by atoms with van der Waals surface area (Å²) in [7, 11) is 3.06. The summed E-state index contributed by atoms with van der Waals surface area (Å²) in [6.45, 7) is 1.92. The maximum absolute atomic E-state index is 12.5. The van der Waals surface area contributed by atoms with Crippen molar-refractivity contribution in [2.45, 2.75) is 13.0 Å². The number of nitrogens with one attached hydrogen (secondary N) is 2. The van der Waals surface area contributed by atoms with Gasteiger partial charge in [-0.3, -0.25) is 4.79 Å². The van der Waals surface area contributed by atoms with Gasteiger partial charge in [0.1, 0.15) is 17.5 Å². The number of rotatable bonds is 6. The minimum atomic E-state index is -0.543. The molecule has 0 bridgehead atoms. The molecule has 1 atom stereocenters. The molecule has 0 saturated carbocycles. The van der Waals surface area contributed by atoms with Crippen LogP contribution >= 0.6 is 11.6 Å². The number of anilines is 2. The van der Waals surface area contributed by atoms with Crippen molar-refractivity contribution < 1.29 is 23.7 Å². The number of fused-ring (bicyclic) bond motifs is 1. The van der Waals surface area contributed by atoms with E-state index < -0.39 is 6.04 Å². The lowest BCUT2D eigenvalue weighted by Crippen LogP contribution is -2.32. The fraction of sp³-hybridized carbons (Fsp3) is 0.278. The number of ether oxygens (including phenoxy) is 4. The minimum absolute atomic E-state index is 0.183. The van der Waals surface area contributed by atoms with Crippen molar-refractivity contribution >= 4 is 28.9 Å². The SMILES string of the molecule is COc1cc(OC)c(N[C@H](C)C(=O)Nc2ccc3c(c2)OCO3)cc1Cl. The number of halogens is 1. The molecule has 0 aliphatic carbocycles. The first-order valence-corrected chi connectivity index (χ1v) is 8.28. The van der Waals surface area contributed by atoms with E-state index >= 15 is 0 Å². The quantitative estimate of drug-likeness (QED) is 0.800. The van der Waals surface area contributed by atoms with E-state index in [2.05, 4.69) is 10.6 Å². The van der Waals surface area contributed by atoms with E-state index in [0.717, 1.165) is 0 Å². The number of methoxy groups -OCH3 is 2. The second-order valence-electron chi connectivity index (χ2n) is 5.61. The van der Waals surface area contributed by atoms with E-state index in [1.807, 2.05) is 0 Å². The highest BCUT2D eigenvalue weighted by atomic mass is 35.5. The number of benzene rings is 2. The first-order chi connectivity index (χ1) is 12.5. The Hall–Kier alpha value is -2.80. The summed E-state index contributed by atoms with van der Waals surface area (Å²) in [6.07, 6.45) is 0. The first-order valence-electron chi connectivity index (χ1n) is 7.90. The van der Waals surface area contributed by atoms with Crippen molar-refractivity contribution in [2.24, 2.45) is 0 Å². The summed E-state index contributed by atoms with van der Waals surface area (Å²) >= 11 is 6.16. The van der Waals surface area contributed by atoms with Gasteiger partial charge in [0.05, 0.1) is 24.9 Å². The van der Waals surface area contributed by atoms with Crippen LogP contribution < -0.4 is 29.6 Å². The average Bonchev–Trinajstić information content (AvgIpc) is 3.09. The summed E-state index contributed by atoms with van der Waals surface area (Å²) in [6, 6.07) is 8.00. The van der Waals surface area contributed by atoms with Gasteiger partial charge in [-0.15, -0.1) is 0 Å². The number of hydrogen-bond acceptors (Lipinski definition) is 6. The van der Waals surface area contributed by atoms with Crippen LogP contribution in [0.2, 0.25) is 5.02 Å². The molecule has 2 N–H and O–H groups in total. The molecule has 3 rings (SSSR count). The van der Waals surface area contributed by atoms with Crippen LogP contribution in [0.25, 0.3) is 0 Å². The standard InChI is InChI=1S/C18H19ClN2O5/c1-10(20-13-7-12(19)15(23-2)8-16(13)24-3)18(22)21-11-4-5-14-17(6-11)26-9-25-14/h4-8,10,20H,9H2,1-3H3,(H,21,22)/t10-/m1/s1. The van der Waals surface area contributed by atoms with Crippen molar-refractivity contribution in [2.75, 3.05) is 31.6 Å². The Bertz CT molecular complexity index is 827. The van der Waals surface area contributed by atoms with Crippen molar-refractivity contribution in [3.8, 4) is 23.0 Å². The van der Waals surface area contributed by atoms with E-state index in [1.54, 1.807) is 37.3 Å². The molecule has 138 valence electrons. The molecule has 26 heavy (non-hydrogen) atoms. The normalized spacial score (nSPS) is 13.1. The lowest BCUT2D eigenvalue weighted by molar-refractivity contribution is -0.116. The highest BCUT2D eigenvalue weighted by Gasteiger charge is 2.19. The second-order valence-corrected chi connectivity index (χ2v) is 6.02. The van der Waals surface area contributed by atoms with Gasteiger partial charge in [0.2, 0.25) is 12.7 Å². The van der Waals surface area contributed by atoms with Crippen molar-refractivity contribution in [1.82, 2.24) is 0 Å². The monoisotopic (exact) mass is 378 g/mol. The molecule has 1 amide bonds. The number of carbonyl (C=O) groups is 1. The van der Waals surface area contributed by atoms with Crippen LogP contribution in [0.15, 0.2) is 30.3 Å². The molecule has 0 radical (unpaired) electrons. The van der Waals surface area contributed by atoms with Gasteiger partial charge in [-0.05, 0) is 25.1 Å². The molecular formula is C18H19ClN2O5. The number of amides is 1. The molecule has 0 unspecified atom stereocenters. The molecule has 2 aromatic rings. The van der Waals surface area contributed by atoms with E-state index in [1.165, 1.54) is 14.2 Å². The van der Waals surface area contributed by atoms with Gasteiger partial charge in [-0.1, -0.05) is 11.6 Å². The Morgan fingerprint density at radius 1 is 1.12 bits per heavy atom. The second kappa shape index (κ2) is 7.61. The fourth-order valence-electron chi connectivity index (χ4n) is 2.50. The van der Waals surface area contributed by atoms with Crippen molar-refractivity contribution in [1.29, 1.82) is 0 Å². The Kier molecular flexibility index (Phi) is 5.27. The predicted octanol–water partition coefficient (Wildman–Crippen LogP) is 3.53. The molecule has 0 aromatic heterocycles. The molecule has 0 saturated heterocycles. The lowest BCUT2D eigenvalue weighted by atomic mass is 10.2. The highest BCUT2D eigenvalue weighted by molar-refractivity contribution is 6.32. The van der Waals surface area contributed by atoms with Crippen LogP contribution in [0.3, 0.4) is 0 Å². The van der Waals surface area contributed by atoms with Gasteiger partial charge < -0.3 is 29.6 Å². The van der Waals surface area contributed by atoms with E-state index in [9.17, 15) is 4.79 Å². The molecule has 1 aliphatic heterocycles. The first kappa shape index (κ1) is 18.0. The third kappa shape index (κ3) is 3.72. The summed E-state index contributed by atoms with van der Waals surface area (Å²) in [5.74, 6) is 2.05. The largest absolute Gasteiger partial charge is 0.495 e. The zero-order valence-electron chi connectivity index (χ0n) is 14.6. The van der Waals surface area contributed by atoms with Gasteiger partial charge in [-0.25, -0.2) is 0 Å². The Labute approximate surface area is 156 Å². The minimum Gasteiger partial charge on any atom is -0.495 e. The van der Waals surface area contributed by atoms with Gasteiger partial charge in [0, 0.05) is 17.8 Å². The van der Waals surface area contributed by atoms with Crippen LogP contribution in [0.1, 0.15) is 6.92 Å². The van der Waals surface area contributed by atoms with Crippen LogP contribution in [0.5, 0.6) is 23.0 Å². The fourth-order valence-corrected chi connectivity index (χ4v) is 2.74. The van der Waals surface area contributed by atoms with Gasteiger partial charge in [-0.2, -0.15) is 0 Å². The highest BCUT2D eigenvalue weighted by Crippen LogP contribution is 2.36. The smallest absolute Gasteiger partial charge is 0.246 e. The zero-order valence-corrected chi connectivity index (χ0v) is 15.3. The van der Waals surface area contributed by atoms with Crippen LogP contribution in [0, 0.1) is 0 Å². The van der Waals surface area contributed by atoms with Crippen LogP contribution in [-0.2, 0) is 4.79 Å². The molecular weight excluding hydrogens is 360 g/mol. The summed E-state index contributed by atoms with van der Waals surface area (Å²) < 4.78 is 21.1. The van der Waals surface area contributed by atoms with Crippen molar-refractivity contribution in [3.05, 3.63) is 35.4 Å². The molecule has 8 heteroatoms. The van der Waals surface area contributed by atoms with Crippen LogP contribution in [0.4, 0.5) is 11.4 Å². The van der Waals surface area contributed by atoms with E-state index in [-0.39, 0.29) is 12.7 Å². The Balaban J connectivity index is 1.70. The molecule has 0 fully saturated rings. The predicted molar refractivity (Wildman–Crippen MR) is 98.8 cm³/mol. The molecule has 0 spiro atoms. The van der Waals surface area contributed by atoms with Crippen molar-refractivity contribution in [3.63, 3.8) is 0 Å². The molecule has 2 aromatic carbocycles. The maximum Gasteiger partial charge on any atom is 0.246 e. The summed E-state index contributed by atoms with van der Waals surface area (Å²) in [5, 5.41) is 6.34. The molecule has 1 aliphatic rings. The Morgan fingerprint density at radius 2 is 1.85 bits per heavy atom. The average molecular weight is 379 g/mol. The summed E-state index contributed by atoms with van der Waals surface area (Å²) in [5.41, 5.74) is 1.21. The number of hydrogen-bond donors (Lipinski definition) is 2. The van der Waals surface area contributed by atoms with Gasteiger partial charge >= 0.3 is 0 Å². The third-order valence-electron chi connectivity index (χ3n) is 3.88. The molecule has 7 nitrogen and oxygen atoms in total. The number of carbonyl (C=O) groups excluding carboxylic acids is 1. The third-order valence-corrected chi connectivity index (χ3v) is 4.17. The topological polar surface area (TPSA) is 78.1 Å². The zero-order chi connectivity index (χ0) is 18.7. The summed E-state index contributed by atoms with van der Waals surface area (Å²) in [4.78, 5) is 12.5. The Morgan fingerprint density at radius 3 is 2.58 bits per heavy atom. The lowest BCUT2D eigenvalue weighted by Gasteiger charge is -2.18. The van der Waals surface area contributed by atoms with Crippen LogP contribution in [-0.4, -0.2) is 33.0 Å². The maximum atomic E-state index is 12.5.